The molecule has 1 aliphatic heterocycles. The molecule has 1 aliphatic rings. The summed E-state index contributed by atoms with van der Waals surface area (Å²) in [6, 6.07) is 53.6. The van der Waals surface area contributed by atoms with Crippen molar-refractivity contribution in [3.8, 4) is 62.5 Å². The molecule has 2 heterocycles. The standard InChI is InChI=1S/C43H32N6/c1-2-40-45-38-21-10-11-22-39(38)49(40)33-16-12-15-32(27-33)34-17-6-7-18-35(34)36-19-8-9-20-37(36)43-47-41(30-13-4-3-5-14-30)46-42(48-43)31-25-23-29(28-44)24-26-31/h3-27,40,45H,2H2,1H3. The van der Waals surface area contributed by atoms with Gasteiger partial charge in [-0.3, -0.25) is 0 Å². The van der Waals surface area contributed by atoms with Gasteiger partial charge in [0.25, 0.3) is 0 Å². The summed E-state index contributed by atoms with van der Waals surface area (Å²) in [5.41, 5.74) is 11.1. The van der Waals surface area contributed by atoms with Crippen molar-refractivity contribution in [3.63, 3.8) is 0 Å². The van der Waals surface area contributed by atoms with E-state index in [0.717, 1.165) is 56.7 Å². The molecule has 0 saturated heterocycles. The van der Waals surface area contributed by atoms with Crippen LogP contribution in [0.1, 0.15) is 18.9 Å². The Morgan fingerprint density at radius 1 is 0.571 bits per heavy atom. The predicted octanol–water partition coefficient (Wildman–Crippen LogP) is 10.4. The van der Waals surface area contributed by atoms with Crippen LogP contribution in [0.3, 0.4) is 0 Å². The molecular weight excluding hydrogens is 601 g/mol. The Morgan fingerprint density at radius 3 is 1.86 bits per heavy atom. The summed E-state index contributed by atoms with van der Waals surface area (Å²) >= 11 is 0. The smallest absolute Gasteiger partial charge is 0.164 e. The maximum atomic E-state index is 9.36. The molecule has 0 fully saturated rings. The number of para-hydroxylation sites is 2. The van der Waals surface area contributed by atoms with Crippen molar-refractivity contribution in [2.24, 2.45) is 0 Å². The van der Waals surface area contributed by atoms with E-state index in [1.54, 1.807) is 12.1 Å². The first-order valence-corrected chi connectivity index (χ1v) is 16.5. The molecule has 234 valence electrons. The minimum absolute atomic E-state index is 0.177. The van der Waals surface area contributed by atoms with Gasteiger partial charge in [-0.15, -0.1) is 0 Å². The molecule has 0 saturated carbocycles. The minimum atomic E-state index is 0.177. The lowest BCUT2D eigenvalue weighted by molar-refractivity contribution is 0.728. The fourth-order valence-corrected chi connectivity index (χ4v) is 6.56. The summed E-state index contributed by atoms with van der Waals surface area (Å²) in [5.74, 6) is 1.72. The summed E-state index contributed by atoms with van der Waals surface area (Å²) in [7, 11) is 0. The lowest BCUT2D eigenvalue weighted by Gasteiger charge is -2.27. The van der Waals surface area contributed by atoms with E-state index in [1.807, 2.05) is 48.5 Å². The zero-order chi connectivity index (χ0) is 33.2. The molecule has 0 aliphatic carbocycles. The van der Waals surface area contributed by atoms with Gasteiger partial charge in [-0.1, -0.05) is 110 Å². The highest BCUT2D eigenvalue weighted by Crippen LogP contribution is 2.43. The Kier molecular flexibility index (Phi) is 7.85. The minimum Gasteiger partial charge on any atom is -0.363 e. The molecule has 1 atom stereocenters. The molecule has 1 N–H and O–H groups in total. The summed E-state index contributed by atoms with van der Waals surface area (Å²) in [4.78, 5) is 17.4. The molecular formula is C43H32N6. The number of aromatic nitrogens is 3. The monoisotopic (exact) mass is 632 g/mol. The molecule has 6 heteroatoms. The maximum Gasteiger partial charge on any atom is 0.164 e. The number of hydrogen-bond donors (Lipinski definition) is 1. The topological polar surface area (TPSA) is 77.7 Å². The highest BCUT2D eigenvalue weighted by molar-refractivity contribution is 5.92. The number of benzene rings is 6. The molecule has 0 bridgehead atoms. The van der Waals surface area contributed by atoms with Crippen LogP contribution in [-0.2, 0) is 0 Å². The number of nitrogens with one attached hydrogen (secondary N) is 1. The van der Waals surface area contributed by atoms with Crippen LogP contribution >= 0.6 is 0 Å². The van der Waals surface area contributed by atoms with Gasteiger partial charge in [-0.05, 0) is 77.2 Å². The van der Waals surface area contributed by atoms with Crippen molar-refractivity contribution < 1.29 is 0 Å². The number of rotatable bonds is 7. The summed E-state index contributed by atoms with van der Waals surface area (Å²) in [5, 5.41) is 13.0. The second-order valence-electron chi connectivity index (χ2n) is 12.0. The molecule has 8 rings (SSSR count). The Hall–Kier alpha value is -6.58. The number of anilines is 3. The number of fused-ring (bicyclic) bond motifs is 1. The number of nitriles is 1. The number of nitrogens with zero attached hydrogens (tertiary/aromatic N) is 5. The molecule has 1 unspecified atom stereocenters. The van der Waals surface area contributed by atoms with Gasteiger partial charge in [0.05, 0.1) is 23.0 Å². The Labute approximate surface area is 286 Å². The van der Waals surface area contributed by atoms with Crippen LogP contribution in [-0.4, -0.2) is 21.1 Å². The van der Waals surface area contributed by atoms with Gasteiger partial charge < -0.3 is 10.2 Å². The van der Waals surface area contributed by atoms with Gasteiger partial charge in [0.1, 0.15) is 6.17 Å². The molecule has 1 aromatic heterocycles. The fraction of sp³-hybridized carbons (Fsp3) is 0.0698. The quantitative estimate of drug-likeness (QED) is 0.188. The van der Waals surface area contributed by atoms with Crippen LogP contribution in [0, 0.1) is 11.3 Å². The van der Waals surface area contributed by atoms with E-state index in [4.69, 9.17) is 15.0 Å². The molecule has 6 aromatic carbocycles. The van der Waals surface area contributed by atoms with E-state index in [1.165, 1.54) is 5.69 Å². The van der Waals surface area contributed by atoms with Crippen LogP contribution in [0.25, 0.3) is 56.4 Å². The molecule has 0 amide bonds. The zero-order valence-electron chi connectivity index (χ0n) is 27.0. The van der Waals surface area contributed by atoms with E-state index < -0.39 is 0 Å². The van der Waals surface area contributed by atoms with E-state index in [9.17, 15) is 5.26 Å². The molecule has 0 radical (unpaired) electrons. The first kappa shape index (κ1) is 29.8. The van der Waals surface area contributed by atoms with Gasteiger partial charge >= 0.3 is 0 Å². The van der Waals surface area contributed by atoms with Crippen LogP contribution in [0.15, 0.2) is 152 Å². The van der Waals surface area contributed by atoms with E-state index in [2.05, 4.69) is 114 Å². The zero-order valence-corrected chi connectivity index (χ0v) is 27.0. The van der Waals surface area contributed by atoms with Crippen molar-refractivity contribution in [2.45, 2.75) is 19.5 Å². The van der Waals surface area contributed by atoms with Crippen LogP contribution < -0.4 is 10.2 Å². The van der Waals surface area contributed by atoms with E-state index in [-0.39, 0.29) is 6.17 Å². The summed E-state index contributed by atoms with van der Waals surface area (Å²) in [6.07, 6.45) is 1.14. The Bertz CT molecular complexity index is 2330. The van der Waals surface area contributed by atoms with Gasteiger partial charge in [-0.2, -0.15) is 5.26 Å². The first-order valence-electron chi connectivity index (χ1n) is 16.5. The molecule has 7 aromatic rings. The fourth-order valence-electron chi connectivity index (χ4n) is 6.56. The van der Waals surface area contributed by atoms with Crippen molar-refractivity contribution in [1.82, 2.24) is 15.0 Å². The Morgan fingerprint density at radius 2 is 1.14 bits per heavy atom. The van der Waals surface area contributed by atoms with Gasteiger partial charge in [0, 0.05) is 22.4 Å². The largest absolute Gasteiger partial charge is 0.363 e. The van der Waals surface area contributed by atoms with Crippen LogP contribution in [0.5, 0.6) is 0 Å². The second kappa shape index (κ2) is 12.9. The van der Waals surface area contributed by atoms with Gasteiger partial charge in [-0.25, -0.2) is 15.0 Å². The average Bonchev–Trinajstić information content (AvgIpc) is 3.57. The molecule has 0 spiro atoms. The molecule has 49 heavy (non-hydrogen) atoms. The second-order valence-corrected chi connectivity index (χ2v) is 12.0. The Balaban J connectivity index is 1.26. The van der Waals surface area contributed by atoms with Crippen LogP contribution in [0.2, 0.25) is 0 Å². The van der Waals surface area contributed by atoms with Crippen molar-refractivity contribution in [1.29, 1.82) is 5.26 Å². The molecule has 6 nitrogen and oxygen atoms in total. The maximum absolute atomic E-state index is 9.36. The van der Waals surface area contributed by atoms with Crippen molar-refractivity contribution >= 4 is 17.1 Å². The van der Waals surface area contributed by atoms with Crippen molar-refractivity contribution in [3.05, 3.63) is 157 Å². The third-order valence-electron chi connectivity index (χ3n) is 8.94. The summed E-state index contributed by atoms with van der Waals surface area (Å²) < 4.78 is 0. The highest BCUT2D eigenvalue weighted by Gasteiger charge is 2.28. The van der Waals surface area contributed by atoms with Crippen LogP contribution in [0.4, 0.5) is 17.1 Å². The van der Waals surface area contributed by atoms with E-state index in [0.29, 0.717) is 23.0 Å². The third-order valence-corrected chi connectivity index (χ3v) is 8.94. The lowest BCUT2D eigenvalue weighted by Crippen LogP contribution is -2.30. The summed E-state index contributed by atoms with van der Waals surface area (Å²) in [6.45, 7) is 2.21. The average molecular weight is 633 g/mol. The lowest BCUT2D eigenvalue weighted by atomic mass is 9.91. The predicted molar refractivity (Wildman–Crippen MR) is 198 cm³/mol. The first-order chi connectivity index (χ1) is 24.2. The third kappa shape index (κ3) is 5.68. The normalized spacial score (nSPS) is 13.4. The van der Waals surface area contributed by atoms with Crippen molar-refractivity contribution in [2.75, 3.05) is 10.2 Å². The van der Waals surface area contributed by atoms with E-state index >= 15 is 0 Å². The highest BCUT2D eigenvalue weighted by atomic mass is 15.3. The number of hydrogen-bond acceptors (Lipinski definition) is 6. The van der Waals surface area contributed by atoms with Gasteiger partial charge in [0.2, 0.25) is 0 Å². The van der Waals surface area contributed by atoms with Gasteiger partial charge in [0.15, 0.2) is 17.5 Å². The SMILES string of the molecule is CCC1Nc2ccccc2N1c1cccc(-c2ccccc2-c2ccccc2-c2nc(-c3ccccc3)nc(-c3ccc(C#N)cc3)n2)c1.